The van der Waals surface area contributed by atoms with Gasteiger partial charge in [-0.1, -0.05) is 30.3 Å². The van der Waals surface area contributed by atoms with Crippen LogP contribution in [0, 0.1) is 6.92 Å². The summed E-state index contributed by atoms with van der Waals surface area (Å²) in [6, 6.07) is 9.90. The van der Waals surface area contributed by atoms with Crippen LogP contribution in [-0.2, 0) is 0 Å². The molecule has 1 aliphatic heterocycles. The van der Waals surface area contributed by atoms with Gasteiger partial charge in [-0.3, -0.25) is 4.79 Å². The van der Waals surface area contributed by atoms with Crippen LogP contribution in [0.2, 0.25) is 0 Å². The van der Waals surface area contributed by atoms with Crippen molar-refractivity contribution in [3.8, 4) is 11.1 Å². The Balaban J connectivity index is 1.92. The summed E-state index contributed by atoms with van der Waals surface area (Å²) in [5.74, 6) is -0.0696. The van der Waals surface area contributed by atoms with E-state index in [-0.39, 0.29) is 19.1 Å². The Bertz CT molecular complexity index is 698. The van der Waals surface area contributed by atoms with Crippen molar-refractivity contribution in [2.45, 2.75) is 25.4 Å². The van der Waals surface area contributed by atoms with Crippen LogP contribution in [-0.4, -0.2) is 46.3 Å². The topological polar surface area (TPSA) is 60.8 Å². The van der Waals surface area contributed by atoms with E-state index in [1.807, 2.05) is 42.6 Å². The van der Waals surface area contributed by atoms with Crippen LogP contribution < -0.4 is 0 Å². The second-order valence-corrected chi connectivity index (χ2v) is 7.24. The van der Waals surface area contributed by atoms with Crippen molar-refractivity contribution in [2.75, 3.05) is 19.7 Å². The molecule has 0 unspecified atom stereocenters. The Labute approximate surface area is 140 Å². The number of carbonyl (C=O) groups is 1. The number of aliphatic hydroxyl groups is 2. The predicted molar refractivity (Wildman–Crippen MR) is 91.7 cm³/mol. The van der Waals surface area contributed by atoms with Gasteiger partial charge in [-0.25, -0.2) is 0 Å². The standard InChI is InChI=1S/C18H21NO3S/c1-13-16(14-6-3-2-4-7-14)15(10-23-13)17(21)19-9-5-8-18(22,11-19)12-20/h2-4,6-7,10,20,22H,5,8-9,11-12H2,1H3/t18-/m0/s1. The van der Waals surface area contributed by atoms with Gasteiger partial charge in [-0.2, -0.15) is 0 Å². The molecule has 1 aliphatic rings. The van der Waals surface area contributed by atoms with E-state index in [0.29, 0.717) is 24.9 Å². The van der Waals surface area contributed by atoms with Crippen LogP contribution >= 0.6 is 11.3 Å². The van der Waals surface area contributed by atoms with Crippen LogP contribution in [0.3, 0.4) is 0 Å². The minimum atomic E-state index is -1.17. The number of benzene rings is 1. The molecule has 2 aromatic rings. The van der Waals surface area contributed by atoms with Crippen molar-refractivity contribution < 1.29 is 15.0 Å². The summed E-state index contributed by atoms with van der Waals surface area (Å²) in [5.41, 5.74) is 1.51. The quantitative estimate of drug-likeness (QED) is 0.909. The molecule has 1 amide bonds. The molecule has 5 heteroatoms. The Hall–Kier alpha value is -1.69. The highest BCUT2D eigenvalue weighted by Crippen LogP contribution is 2.34. The summed E-state index contributed by atoms with van der Waals surface area (Å²) in [6.45, 7) is 2.50. The van der Waals surface area contributed by atoms with E-state index in [1.54, 1.807) is 16.2 Å². The van der Waals surface area contributed by atoms with E-state index in [0.717, 1.165) is 16.0 Å². The summed E-state index contributed by atoms with van der Waals surface area (Å²) in [5, 5.41) is 21.6. The molecule has 2 N–H and O–H groups in total. The fourth-order valence-electron chi connectivity index (χ4n) is 3.16. The monoisotopic (exact) mass is 331 g/mol. The van der Waals surface area contributed by atoms with Crippen LogP contribution in [0.5, 0.6) is 0 Å². The van der Waals surface area contributed by atoms with Gasteiger partial charge >= 0.3 is 0 Å². The lowest BCUT2D eigenvalue weighted by molar-refractivity contribution is -0.0598. The Morgan fingerprint density at radius 1 is 1.35 bits per heavy atom. The van der Waals surface area contributed by atoms with E-state index >= 15 is 0 Å². The van der Waals surface area contributed by atoms with Crippen molar-refractivity contribution >= 4 is 17.2 Å². The lowest BCUT2D eigenvalue weighted by Crippen LogP contribution is -2.52. The van der Waals surface area contributed by atoms with Crippen LogP contribution in [0.4, 0.5) is 0 Å². The molecule has 3 rings (SSSR count). The van der Waals surface area contributed by atoms with Gasteiger partial charge in [-0.05, 0) is 25.3 Å². The number of carbonyl (C=O) groups excluding carboxylic acids is 1. The molecule has 0 saturated carbocycles. The van der Waals surface area contributed by atoms with E-state index in [9.17, 15) is 15.0 Å². The van der Waals surface area contributed by atoms with Gasteiger partial charge in [0.15, 0.2) is 0 Å². The molecule has 1 aromatic heterocycles. The Kier molecular flexibility index (Phi) is 4.53. The number of hydrogen-bond donors (Lipinski definition) is 2. The van der Waals surface area contributed by atoms with Gasteiger partial charge in [0, 0.05) is 22.4 Å². The maximum absolute atomic E-state index is 13.0. The SMILES string of the molecule is Cc1scc(C(=O)N2CCC[C@@](O)(CO)C2)c1-c1ccccc1. The van der Waals surface area contributed by atoms with E-state index in [4.69, 9.17) is 0 Å². The molecule has 0 spiro atoms. The molecule has 1 saturated heterocycles. The summed E-state index contributed by atoms with van der Waals surface area (Å²) >= 11 is 1.56. The number of thiophene rings is 1. The summed E-state index contributed by atoms with van der Waals surface area (Å²) in [7, 11) is 0. The number of aryl methyl sites for hydroxylation is 1. The number of amides is 1. The highest BCUT2D eigenvalue weighted by molar-refractivity contribution is 7.10. The van der Waals surface area contributed by atoms with Crippen molar-refractivity contribution in [3.05, 3.63) is 46.2 Å². The lowest BCUT2D eigenvalue weighted by Gasteiger charge is -2.38. The molecule has 1 atom stereocenters. The molecule has 0 aliphatic carbocycles. The number of β-amino-alcohol motifs (C(OH)–C–C–N with tert-alkyl or cyclic N) is 1. The molecular formula is C18H21NO3S. The predicted octanol–water partition coefficient (Wildman–Crippen LogP) is 2.68. The van der Waals surface area contributed by atoms with Gasteiger partial charge in [-0.15, -0.1) is 11.3 Å². The minimum Gasteiger partial charge on any atom is -0.393 e. The van der Waals surface area contributed by atoms with Crippen molar-refractivity contribution in [1.29, 1.82) is 0 Å². The van der Waals surface area contributed by atoms with Crippen molar-refractivity contribution in [2.24, 2.45) is 0 Å². The second kappa shape index (κ2) is 6.43. The largest absolute Gasteiger partial charge is 0.393 e. The molecule has 1 aromatic carbocycles. The first-order chi connectivity index (χ1) is 11.0. The average Bonchev–Trinajstić information content (AvgIpc) is 2.96. The number of rotatable bonds is 3. The molecule has 0 bridgehead atoms. The average molecular weight is 331 g/mol. The summed E-state index contributed by atoms with van der Waals surface area (Å²) < 4.78 is 0. The van der Waals surface area contributed by atoms with Gasteiger partial charge in [0.2, 0.25) is 0 Å². The molecule has 4 nitrogen and oxygen atoms in total. The third-order valence-electron chi connectivity index (χ3n) is 4.40. The van der Waals surface area contributed by atoms with Crippen LogP contribution in [0.1, 0.15) is 28.1 Å². The highest BCUT2D eigenvalue weighted by atomic mass is 32.1. The molecule has 0 radical (unpaired) electrons. The third kappa shape index (κ3) is 3.17. The number of likely N-dealkylation sites (tertiary alicyclic amines) is 1. The van der Waals surface area contributed by atoms with Gasteiger partial charge in [0.1, 0.15) is 5.60 Å². The third-order valence-corrected chi connectivity index (χ3v) is 5.32. The Morgan fingerprint density at radius 3 is 2.78 bits per heavy atom. The number of piperidine rings is 1. The lowest BCUT2D eigenvalue weighted by atomic mass is 9.93. The van der Waals surface area contributed by atoms with Crippen LogP contribution in [0.25, 0.3) is 11.1 Å². The fraction of sp³-hybridized carbons (Fsp3) is 0.389. The smallest absolute Gasteiger partial charge is 0.255 e. The fourth-order valence-corrected chi connectivity index (χ4v) is 4.02. The molecule has 1 fully saturated rings. The van der Waals surface area contributed by atoms with Crippen LogP contribution in [0.15, 0.2) is 35.7 Å². The van der Waals surface area contributed by atoms with Gasteiger partial charge < -0.3 is 15.1 Å². The maximum Gasteiger partial charge on any atom is 0.255 e. The molecule has 2 heterocycles. The number of aliphatic hydroxyl groups excluding tert-OH is 1. The molecular weight excluding hydrogens is 310 g/mol. The van der Waals surface area contributed by atoms with Crippen molar-refractivity contribution in [3.63, 3.8) is 0 Å². The highest BCUT2D eigenvalue weighted by Gasteiger charge is 2.35. The maximum atomic E-state index is 13.0. The second-order valence-electron chi connectivity index (χ2n) is 6.16. The number of nitrogens with zero attached hydrogens (tertiary/aromatic N) is 1. The first-order valence-electron chi connectivity index (χ1n) is 7.80. The van der Waals surface area contributed by atoms with E-state index in [1.165, 1.54) is 0 Å². The zero-order valence-corrected chi connectivity index (χ0v) is 14.0. The zero-order chi connectivity index (χ0) is 16.4. The van der Waals surface area contributed by atoms with Crippen molar-refractivity contribution in [1.82, 2.24) is 4.90 Å². The van der Waals surface area contributed by atoms with E-state index < -0.39 is 5.60 Å². The first kappa shape index (κ1) is 16.2. The van der Waals surface area contributed by atoms with E-state index in [2.05, 4.69) is 0 Å². The normalized spacial score (nSPS) is 21.4. The minimum absolute atomic E-state index is 0.0696. The zero-order valence-electron chi connectivity index (χ0n) is 13.2. The molecule has 23 heavy (non-hydrogen) atoms. The summed E-state index contributed by atoms with van der Waals surface area (Å²) in [4.78, 5) is 15.7. The first-order valence-corrected chi connectivity index (χ1v) is 8.68. The summed E-state index contributed by atoms with van der Waals surface area (Å²) in [6.07, 6.45) is 1.23. The van der Waals surface area contributed by atoms with Gasteiger partial charge in [0.05, 0.1) is 18.7 Å². The number of hydrogen-bond acceptors (Lipinski definition) is 4. The van der Waals surface area contributed by atoms with Gasteiger partial charge in [0.25, 0.3) is 5.91 Å². The Morgan fingerprint density at radius 2 is 2.09 bits per heavy atom. The molecule has 122 valence electrons.